The molecule has 4 rings (SSSR count). The third-order valence-corrected chi connectivity index (χ3v) is 5.98. The van der Waals surface area contributed by atoms with E-state index >= 15 is 0 Å². The van der Waals surface area contributed by atoms with E-state index in [4.69, 9.17) is 4.74 Å². The molecule has 28 heavy (non-hydrogen) atoms. The first-order valence-electron chi connectivity index (χ1n) is 9.75. The number of rotatable bonds is 4. The van der Waals surface area contributed by atoms with Gasteiger partial charge in [-0.05, 0) is 42.9 Å². The lowest BCUT2D eigenvalue weighted by molar-refractivity contribution is -0.121. The predicted octanol–water partition coefficient (Wildman–Crippen LogP) is 1.87. The Morgan fingerprint density at radius 3 is 2.57 bits per heavy atom. The van der Waals surface area contributed by atoms with Crippen molar-refractivity contribution in [2.75, 3.05) is 20.2 Å². The molecule has 2 heterocycles. The summed E-state index contributed by atoms with van der Waals surface area (Å²) in [6.45, 7) is 2.97. The van der Waals surface area contributed by atoms with Gasteiger partial charge in [-0.2, -0.15) is 5.10 Å². The Morgan fingerprint density at radius 1 is 1.14 bits per heavy atom. The fourth-order valence-electron chi connectivity index (χ4n) is 4.69. The first-order chi connectivity index (χ1) is 13.6. The maximum Gasteiger partial charge on any atom is 0.256 e. The van der Waals surface area contributed by atoms with Gasteiger partial charge in [0.2, 0.25) is 5.91 Å². The molecule has 7 nitrogen and oxygen atoms in total. The number of ether oxygens (including phenoxy) is 1. The van der Waals surface area contributed by atoms with Crippen LogP contribution in [0.15, 0.2) is 42.7 Å². The fourth-order valence-corrected chi connectivity index (χ4v) is 4.69. The number of carbonyl (C=O) groups excluding carboxylic acids is 2. The van der Waals surface area contributed by atoms with Gasteiger partial charge in [-0.25, -0.2) is 4.68 Å². The molecular weight excluding hydrogens is 356 g/mol. The number of methoxy groups -OCH3 is 1. The maximum atomic E-state index is 13.3. The molecule has 7 heteroatoms. The summed E-state index contributed by atoms with van der Waals surface area (Å²) < 4.78 is 7.36. The van der Waals surface area contributed by atoms with E-state index in [2.05, 4.69) is 10.4 Å². The Bertz CT molecular complexity index is 851. The number of fused-ring (bicyclic) bond motifs is 1. The molecule has 2 aliphatic rings. The summed E-state index contributed by atoms with van der Waals surface area (Å²) in [7, 11) is 1.69. The van der Waals surface area contributed by atoms with Gasteiger partial charge in [0.25, 0.3) is 5.91 Å². The largest absolute Gasteiger partial charge is 0.379 e. The maximum absolute atomic E-state index is 13.3. The van der Waals surface area contributed by atoms with Crippen LogP contribution in [0.2, 0.25) is 0 Å². The second kappa shape index (κ2) is 7.75. The van der Waals surface area contributed by atoms with Crippen LogP contribution in [0.1, 0.15) is 30.1 Å². The standard InChI is InChI=1S/C21H26N4O3/c1-14(26)23-18-10-15-12-24(13-16(15)11-20(18)28-2)21(27)17-6-3-4-7-19(17)25-9-5-8-22-25/h3-9,15-16,18,20H,10-13H2,1-2H3,(H,23,26)/t15-,16+,18-,20-/m1/s1. The summed E-state index contributed by atoms with van der Waals surface area (Å²) in [5, 5.41) is 7.30. The predicted molar refractivity (Wildman–Crippen MR) is 104 cm³/mol. The zero-order chi connectivity index (χ0) is 19.7. The van der Waals surface area contributed by atoms with Crippen molar-refractivity contribution >= 4 is 11.8 Å². The lowest BCUT2D eigenvalue weighted by Crippen LogP contribution is -2.49. The van der Waals surface area contributed by atoms with Crippen LogP contribution in [0, 0.1) is 11.8 Å². The van der Waals surface area contributed by atoms with E-state index < -0.39 is 0 Å². The highest BCUT2D eigenvalue weighted by molar-refractivity contribution is 5.98. The molecule has 1 saturated carbocycles. The molecule has 1 aromatic heterocycles. The van der Waals surface area contributed by atoms with Crippen LogP contribution < -0.4 is 5.32 Å². The van der Waals surface area contributed by atoms with Gasteiger partial charge in [0.05, 0.1) is 23.4 Å². The van der Waals surface area contributed by atoms with E-state index in [9.17, 15) is 9.59 Å². The number of para-hydroxylation sites is 1. The van der Waals surface area contributed by atoms with E-state index in [-0.39, 0.29) is 24.0 Å². The lowest BCUT2D eigenvalue weighted by Gasteiger charge is -2.37. The molecule has 0 bridgehead atoms. The topological polar surface area (TPSA) is 76.5 Å². The summed E-state index contributed by atoms with van der Waals surface area (Å²) in [6.07, 6.45) is 5.25. The second-order valence-corrected chi connectivity index (χ2v) is 7.75. The summed E-state index contributed by atoms with van der Waals surface area (Å²) in [6, 6.07) is 9.43. The molecule has 4 atom stereocenters. The first kappa shape index (κ1) is 18.7. The highest BCUT2D eigenvalue weighted by Crippen LogP contribution is 2.38. The summed E-state index contributed by atoms with van der Waals surface area (Å²) in [5.41, 5.74) is 1.45. The molecule has 1 aromatic carbocycles. The van der Waals surface area contributed by atoms with Crippen molar-refractivity contribution in [2.45, 2.75) is 31.9 Å². The van der Waals surface area contributed by atoms with E-state index in [1.165, 1.54) is 6.92 Å². The number of carbonyl (C=O) groups is 2. The molecule has 2 aromatic rings. The lowest BCUT2D eigenvalue weighted by atomic mass is 9.77. The van der Waals surface area contributed by atoms with Gasteiger partial charge >= 0.3 is 0 Å². The van der Waals surface area contributed by atoms with Crippen LogP contribution in [0.5, 0.6) is 0 Å². The Hall–Kier alpha value is -2.67. The quantitative estimate of drug-likeness (QED) is 0.876. The smallest absolute Gasteiger partial charge is 0.256 e. The Kier molecular flexibility index (Phi) is 5.17. The first-order valence-corrected chi connectivity index (χ1v) is 9.75. The second-order valence-electron chi connectivity index (χ2n) is 7.75. The fraction of sp³-hybridized carbons (Fsp3) is 0.476. The molecule has 2 fully saturated rings. The normalized spacial score (nSPS) is 26.7. The van der Waals surface area contributed by atoms with Crippen molar-refractivity contribution in [3.05, 3.63) is 48.3 Å². The van der Waals surface area contributed by atoms with Crippen molar-refractivity contribution < 1.29 is 14.3 Å². The van der Waals surface area contributed by atoms with E-state index in [1.807, 2.05) is 41.4 Å². The number of hydrogen-bond acceptors (Lipinski definition) is 4. The van der Waals surface area contributed by atoms with Crippen molar-refractivity contribution in [3.63, 3.8) is 0 Å². The number of nitrogens with one attached hydrogen (secondary N) is 1. The Labute approximate surface area is 164 Å². The van der Waals surface area contributed by atoms with Gasteiger partial charge in [-0.3, -0.25) is 9.59 Å². The van der Waals surface area contributed by atoms with Crippen LogP contribution in [0.25, 0.3) is 5.69 Å². The number of nitrogens with zero attached hydrogens (tertiary/aromatic N) is 3. The van der Waals surface area contributed by atoms with Gasteiger partial charge in [-0.15, -0.1) is 0 Å². The average molecular weight is 382 g/mol. The monoisotopic (exact) mass is 382 g/mol. The average Bonchev–Trinajstić information content (AvgIpc) is 3.36. The molecule has 0 spiro atoms. The van der Waals surface area contributed by atoms with Gasteiger partial charge in [-0.1, -0.05) is 12.1 Å². The molecule has 1 aliphatic heterocycles. The minimum atomic E-state index is -0.0374. The number of benzene rings is 1. The zero-order valence-electron chi connectivity index (χ0n) is 16.2. The van der Waals surface area contributed by atoms with Crippen molar-refractivity contribution in [1.82, 2.24) is 20.0 Å². The SMILES string of the molecule is CO[C@@H]1C[C@H]2CN(C(=O)c3ccccc3-n3cccn3)C[C@H]2C[C@H]1NC(C)=O. The van der Waals surface area contributed by atoms with Gasteiger partial charge in [0.1, 0.15) is 0 Å². The minimum Gasteiger partial charge on any atom is -0.379 e. The molecule has 1 N–H and O–H groups in total. The molecule has 0 unspecified atom stereocenters. The van der Waals surface area contributed by atoms with Crippen molar-refractivity contribution in [2.24, 2.45) is 11.8 Å². The molecule has 2 amide bonds. The molecule has 1 aliphatic carbocycles. The van der Waals surface area contributed by atoms with E-state index in [0.717, 1.165) is 25.1 Å². The van der Waals surface area contributed by atoms with Crippen molar-refractivity contribution in [3.8, 4) is 5.69 Å². The minimum absolute atomic E-state index is 0.00318. The highest BCUT2D eigenvalue weighted by Gasteiger charge is 2.44. The molecule has 1 saturated heterocycles. The molecular formula is C21H26N4O3. The van der Waals surface area contributed by atoms with E-state index in [1.54, 1.807) is 18.0 Å². The van der Waals surface area contributed by atoms with E-state index in [0.29, 0.717) is 23.9 Å². The summed E-state index contributed by atoms with van der Waals surface area (Å²) in [4.78, 5) is 26.8. The Balaban J connectivity index is 1.52. The zero-order valence-corrected chi connectivity index (χ0v) is 16.2. The van der Waals surface area contributed by atoms with Crippen LogP contribution in [0.3, 0.4) is 0 Å². The van der Waals surface area contributed by atoms with Crippen LogP contribution in [0.4, 0.5) is 0 Å². The third-order valence-electron chi connectivity index (χ3n) is 5.98. The number of aromatic nitrogens is 2. The van der Waals surface area contributed by atoms with Gasteiger partial charge in [0.15, 0.2) is 0 Å². The van der Waals surface area contributed by atoms with Crippen LogP contribution in [-0.2, 0) is 9.53 Å². The van der Waals surface area contributed by atoms with Crippen molar-refractivity contribution in [1.29, 1.82) is 0 Å². The number of hydrogen-bond donors (Lipinski definition) is 1. The van der Waals surface area contributed by atoms with Crippen LogP contribution in [-0.4, -0.2) is 58.8 Å². The number of likely N-dealkylation sites (tertiary alicyclic amines) is 1. The Morgan fingerprint density at radius 2 is 1.89 bits per heavy atom. The summed E-state index contributed by atoms with van der Waals surface area (Å²) >= 11 is 0. The van der Waals surface area contributed by atoms with Crippen LogP contribution >= 0.6 is 0 Å². The highest BCUT2D eigenvalue weighted by atomic mass is 16.5. The summed E-state index contributed by atoms with van der Waals surface area (Å²) in [5.74, 6) is 0.773. The third kappa shape index (κ3) is 3.54. The van der Waals surface area contributed by atoms with Gasteiger partial charge in [0, 0.05) is 39.5 Å². The van der Waals surface area contributed by atoms with Gasteiger partial charge < -0.3 is 15.0 Å². The molecule has 0 radical (unpaired) electrons. The molecule has 148 valence electrons. The number of amides is 2.